The Kier molecular flexibility index (Phi) is 6.93. The third-order valence-corrected chi connectivity index (χ3v) is 3.68. The third kappa shape index (κ3) is 6.14. The number of nitro groups is 1. The molecular weight excluding hydrogens is 350 g/mol. The predicted octanol–water partition coefficient (Wildman–Crippen LogP) is 4.05. The maximum absolute atomic E-state index is 12.1. The van der Waals surface area contributed by atoms with Crippen LogP contribution in [0.1, 0.15) is 30.9 Å². The van der Waals surface area contributed by atoms with Crippen molar-refractivity contribution in [1.82, 2.24) is 0 Å². The van der Waals surface area contributed by atoms with Gasteiger partial charge in [-0.2, -0.15) is 0 Å². The van der Waals surface area contributed by atoms with Crippen LogP contribution in [-0.4, -0.2) is 24.6 Å². The minimum absolute atomic E-state index is 0.209. The molecular formula is C20H21NO6. The number of carbonyl (C=O) groups excluding carboxylic acids is 1. The first-order valence-corrected chi connectivity index (χ1v) is 8.32. The fourth-order valence-electron chi connectivity index (χ4n) is 2.28. The van der Waals surface area contributed by atoms with E-state index in [-0.39, 0.29) is 18.1 Å². The number of carbonyl (C=O) groups is 1. The first-order chi connectivity index (χ1) is 12.9. The van der Waals surface area contributed by atoms with E-state index >= 15 is 0 Å². The average molecular weight is 371 g/mol. The molecule has 142 valence electrons. The molecule has 0 radical (unpaired) electrons. The lowest BCUT2D eigenvalue weighted by Crippen LogP contribution is -2.18. The van der Waals surface area contributed by atoms with Gasteiger partial charge in [-0.05, 0) is 41.3 Å². The molecule has 2 aromatic rings. The van der Waals surface area contributed by atoms with Gasteiger partial charge < -0.3 is 14.2 Å². The second-order valence-corrected chi connectivity index (χ2v) is 6.00. The van der Waals surface area contributed by atoms with E-state index in [0.29, 0.717) is 17.2 Å². The summed E-state index contributed by atoms with van der Waals surface area (Å²) in [4.78, 5) is 21.9. The van der Waals surface area contributed by atoms with Gasteiger partial charge in [0.1, 0.15) is 5.75 Å². The van der Waals surface area contributed by atoms with E-state index in [1.165, 1.54) is 25.3 Å². The minimum atomic E-state index is -0.586. The average Bonchev–Trinajstić information content (AvgIpc) is 2.65. The Balaban J connectivity index is 2.00. The third-order valence-electron chi connectivity index (χ3n) is 3.68. The number of benzene rings is 2. The van der Waals surface area contributed by atoms with Gasteiger partial charge in [0.2, 0.25) is 6.20 Å². The minimum Gasteiger partial charge on any atom is -0.493 e. The van der Waals surface area contributed by atoms with E-state index in [9.17, 15) is 14.9 Å². The summed E-state index contributed by atoms with van der Waals surface area (Å²) in [5, 5.41) is 10.4. The normalized spacial score (nSPS) is 10.8. The Morgan fingerprint density at radius 3 is 2.63 bits per heavy atom. The fraction of sp³-hybridized carbons (Fsp3) is 0.250. The summed E-state index contributed by atoms with van der Waals surface area (Å²) >= 11 is 0. The van der Waals surface area contributed by atoms with Crippen molar-refractivity contribution < 1.29 is 23.9 Å². The number of nitrogens with zero attached hydrogens (tertiary/aromatic N) is 1. The highest BCUT2D eigenvalue weighted by Gasteiger charge is 2.12. The van der Waals surface area contributed by atoms with E-state index in [0.717, 1.165) is 11.8 Å². The highest BCUT2D eigenvalue weighted by molar-refractivity contribution is 5.75. The smallest absolute Gasteiger partial charge is 0.349 e. The highest BCUT2D eigenvalue weighted by Crippen LogP contribution is 2.29. The van der Waals surface area contributed by atoms with Crippen LogP contribution in [0.25, 0.3) is 6.08 Å². The molecule has 0 spiro atoms. The molecule has 0 N–H and O–H groups in total. The molecule has 0 fully saturated rings. The molecule has 0 heterocycles. The summed E-state index contributed by atoms with van der Waals surface area (Å²) in [7, 11) is 1.42. The van der Waals surface area contributed by atoms with Crippen molar-refractivity contribution in [2.45, 2.75) is 19.8 Å². The Morgan fingerprint density at radius 1 is 1.19 bits per heavy atom. The summed E-state index contributed by atoms with van der Waals surface area (Å²) in [6.07, 6.45) is 2.14. The molecule has 0 aromatic heterocycles. The summed E-state index contributed by atoms with van der Waals surface area (Å²) in [5.74, 6) is 0.853. The molecule has 2 rings (SSSR count). The van der Waals surface area contributed by atoms with Crippen LogP contribution in [-0.2, 0) is 4.79 Å². The van der Waals surface area contributed by atoms with Crippen molar-refractivity contribution in [3.05, 3.63) is 69.9 Å². The van der Waals surface area contributed by atoms with Crippen LogP contribution in [0.4, 0.5) is 0 Å². The van der Waals surface area contributed by atoms with Gasteiger partial charge >= 0.3 is 5.97 Å². The van der Waals surface area contributed by atoms with Crippen LogP contribution in [0.5, 0.6) is 17.2 Å². The zero-order valence-corrected chi connectivity index (χ0v) is 15.4. The number of hydrogen-bond acceptors (Lipinski definition) is 6. The number of ether oxygens (including phenoxy) is 3. The number of hydrogen-bond donors (Lipinski definition) is 0. The number of rotatable bonds is 8. The molecule has 27 heavy (non-hydrogen) atoms. The summed E-state index contributed by atoms with van der Waals surface area (Å²) < 4.78 is 15.9. The van der Waals surface area contributed by atoms with Gasteiger partial charge in [0.25, 0.3) is 0 Å². The van der Waals surface area contributed by atoms with Crippen molar-refractivity contribution in [3.63, 3.8) is 0 Å². The molecule has 0 atom stereocenters. The van der Waals surface area contributed by atoms with Crippen LogP contribution in [0, 0.1) is 10.1 Å². The summed E-state index contributed by atoms with van der Waals surface area (Å²) in [6.45, 7) is 3.89. The topological polar surface area (TPSA) is 87.9 Å². The van der Waals surface area contributed by atoms with Crippen LogP contribution in [0.3, 0.4) is 0 Å². The van der Waals surface area contributed by atoms with Gasteiger partial charge in [0, 0.05) is 6.08 Å². The number of methoxy groups -OCH3 is 1. The summed E-state index contributed by atoms with van der Waals surface area (Å²) in [6, 6.07) is 12.2. The van der Waals surface area contributed by atoms with E-state index in [4.69, 9.17) is 14.2 Å². The molecule has 0 aliphatic rings. The lowest BCUT2D eigenvalue weighted by molar-refractivity contribution is -0.400. The summed E-state index contributed by atoms with van der Waals surface area (Å²) in [5.41, 5.74) is 1.66. The largest absolute Gasteiger partial charge is 0.493 e. The lowest BCUT2D eigenvalue weighted by atomic mass is 10.0. The Labute approximate surface area is 157 Å². The molecule has 0 aliphatic carbocycles. The highest BCUT2D eigenvalue weighted by atomic mass is 16.6. The van der Waals surface area contributed by atoms with Crippen molar-refractivity contribution in [1.29, 1.82) is 0 Å². The molecule has 7 nitrogen and oxygen atoms in total. The molecule has 0 amide bonds. The fourth-order valence-corrected chi connectivity index (χ4v) is 2.28. The second-order valence-electron chi connectivity index (χ2n) is 6.00. The molecule has 7 heteroatoms. The van der Waals surface area contributed by atoms with Crippen molar-refractivity contribution in [2.24, 2.45) is 0 Å². The van der Waals surface area contributed by atoms with Crippen molar-refractivity contribution >= 4 is 12.0 Å². The molecule has 0 unspecified atom stereocenters. The van der Waals surface area contributed by atoms with Crippen LogP contribution >= 0.6 is 0 Å². The van der Waals surface area contributed by atoms with Gasteiger partial charge in [-0.1, -0.05) is 32.0 Å². The number of esters is 1. The maximum Gasteiger partial charge on any atom is 0.349 e. The van der Waals surface area contributed by atoms with Crippen LogP contribution < -0.4 is 14.2 Å². The second kappa shape index (κ2) is 9.38. The van der Waals surface area contributed by atoms with E-state index < -0.39 is 10.9 Å². The van der Waals surface area contributed by atoms with Gasteiger partial charge in [0.05, 0.1) is 12.0 Å². The Bertz CT molecular complexity index is 844. The van der Waals surface area contributed by atoms with E-state index in [1.807, 2.05) is 18.2 Å². The molecule has 2 aromatic carbocycles. The molecule has 0 saturated carbocycles. The SMILES string of the molecule is COc1cc(/C=C/[N+](=O)[O-])ccc1OC(=O)COc1cccc(C(C)C)c1. The predicted molar refractivity (Wildman–Crippen MR) is 101 cm³/mol. The van der Waals surface area contributed by atoms with E-state index in [2.05, 4.69) is 13.8 Å². The molecule has 0 bridgehead atoms. The first-order valence-electron chi connectivity index (χ1n) is 8.32. The quantitative estimate of drug-likeness (QED) is 0.301. The molecule has 0 saturated heterocycles. The van der Waals surface area contributed by atoms with Gasteiger partial charge in [-0.15, -0.1) is 0 Å². The van der Waals surface area contributed by atoms with Crippen molar-refractivity contribution in [3.8, 4) is 17.2 Å². The zero-order chi connectivity index (χ0) is 19.8. The van der Waals surface area contributed by atoms with Gasteiger partial charge in [0.15, 0.2) is 18.1 Å². The monoisotopic (exact) mass is 371 g/mol. The van der Waals surface area contributed by atoms with Crippen molar-refractivity contribution in [2.75, 3.05) is 13.7 Å². The lowest BCUT2D eigenvalue weighted by Gasteiger charge is -2.11. The van der Waals surface area contributed by atoms with E-state index in [1.54, 1.807) is 12.1 Å². The first kappa shape index (κ1) is 20.0. The van der Waals surface area contributed by atoms with Gasteiger partial charge in [-0.3, -0.25) is 10.1 Å². The van der Waals surface area contributed by atoms with Crippen LogP contribution in [0.2, 0.25) is 0 Å². The Hall–Kier alpha value is -3.35. The zero-order valence-electron chi connectivity index (χ0n) is 15.4. The molecule has 0 aliphatic heterocycles. The van der Waals surface area contributed by atoms with Crippen LogP contribution in [0.15, 0.2) is 48.7 Å². The Morgan fingerprint density at radius 2 is 1.96 bits per heavy atom. The standard InChI is InChI=1S/C20H21NO6/c1-14(2)16-5-4-6-17(12-16)26-13-20(22)27-18-8-7-15(9-10-21(23)24)11-19(18)25-3/h4-12,14H,13H2,1-3H3/b10-9+. The van der Waals surface area contributed by atoms with Gasteiger partial charge in [-0.25, -0.2) is 4.79 Å². The maximum atomic E-state index is 12.1.